The molecule has 0 aliphatic rings. The highest BCUT2D eigenvalue weighted by molar-refractivity contribution is 5.82. The lowest BCUT2D eigenvalue weighted by Gasteiger charge is -2.00. The van der Waals surface area contributed by atoms with Crippen molar-refractivity contribution in [1.29, 1.82) is 0 Å². The molecule has 2 heterocycles. The van der Waals surface area contributed by atoms with E-state index in [9.17, 15) is 9.59 Å². The normalized spacial score (nSPS) is 10.9. The van der Waals surface area contributed by atoms with E-state index in [1.165, 1.54) is 12.4 Å². The second-order valence-electron chi connectivity index (χ2n) is 4.95. The number of hydrazone groups is 2. The second kappa shape index (κ2) is 10.4. The van der Waals surface area contributed by atoms with Crippen LogP contribution in [0.5, 0.6) is 0 Å². The van der Waals surface area contributed by atoms with Gasteiger partial charge in [-0.25, -0.2) is 10.9 Å². The van der Waals surface area contributed by atoms with E-state index in [-0.39, 0.29) is 24.7 Å². The van der Waals surface area contributed by atoms with Crippen molar-refractivity contribution in [2.24, 2.45) is 10.2 Å². The van der Waals surface area contributed by atoms with Crippen LogP contribution in [0.2, 0.25) is 0 Å². The highest BCUT2D eigenvalue weighted by Crippen LogP contribution is 1.96. The molecule has 2 N–H and O–H groups in total. The number of pyridine rings is 2. The van der Waals surface area contributed by atoms with Crippen molar-refractivity contribution >= 4 is 24.2 Å². The molecule has 0 aromatic carbocycles. The van der Waals surface area contributed by atoms with Gasteiger partial charge in [-0.05, 0) is 30.7 Å². The van der Waals surface area contributed by atoms with E-state index < -0.39 is 0 Å². The summed E-state index contributed by atoms with van der Waals surface area (Å²) in [6, 6.07) is 10.8. The zero-order valence-electron chi connectivity index (χ0n) is 13.5. The minimum atomic E-state index is -0.267. The van der Waals surface area contributed by atoms with Gasteiger partial charge >= 0.3 is 0 Å². The number of carbonyl (C=O) groups is 2. The van der Waals surface area contributed by atoms with Gasteiger partial charge in [-0.1, -0.05) is 12.1 Å². The monoisotopic (exact) mass is 338 g/mol. The van der Waals surface area contributed by atoms with Crippen LogP contribution in [0.4, 0.5) is 0 Å². The largest absolute Gasteiger partial charge is 0.273 e. The molecule has 0 bridgehead atoms. The molecule has 128 valence electrons. The molecule has 25 heavy (non-hydrogen) atoms. The van der Waals surface area contributed by atoms with Crippen LogP contribution >= 0.6 is 0 Å². The van der Waals surface area contributed by atoms with Crippen LogP contribution in [0.1, 0.15) is 30.7 Å². The number of carbonyl (C=O) groups excluding carboxylic acids is 2. The van der Waals surface area contributed by atoms with Crippen molar-refractivity contribution in [3.05, 3.63) is 60.2 Å². The van der Waals surface area contributed by atoms with Gasteiger partial charge in [0.1, 0.15) is 0 Å². The highest BCUT2D eigenvalue weighted by atomic mass is 16.2. The lowest BCUT2D eigenvalue weighted by atomic mass is 10.2. The van der Waals surface area contributed by atoms with E-state index >= 15 is 0 Å². The summed E-state index contributed by atoms with van der Waals surface area (Å²) in [7, 11) is 0. The molecule has 0 aliphatic carbocycles. The lowest BCUT2D eigenvalue weighted by molar-refractivity contribution is -0.122. The summed E-state index contributed by atoms with van der Waals surface area (Å²) in [5.41, 5.74) is 6.07. The van der Waals surface area contributed by atoms with E-state index in [4.69, 9.17) is 0 Å². The first-order valence-corrected chi connectivity index (χ1v) is 7.70. The van der Waals surface area contributed by atoms with Gasteiger partial charge in [-0.3, -0.25) is 19.6 Å². The zero-order chi connectivity index (χ0) is 17.7. The Morgan fingerprint density at radius 3 is 1.72 bits per heavy atom. The third-order valence-electron chi connectivity index (χ3n) is 2.96. The summed E-state index contributed by atoms with van der Waals surface area (Å²) in [5, 5.41) is 7.61. The lowest BCUT2D eigenvalue weighted by Crippen LogP contribution is -2.20. The van der Waals surface area contributed by atoms with Gasteiger partial charge in [0, 0.05) is 25.2 Å². The average Bonchev–Trinajstić information content (AvgIpc) is 2.63. The predicted molar refractivity (Wildman–Crippen MR) is 93.8 cm³/mol. The van der Waals surface area contributed by atoms with Crippen LogP contribution in [-0.2, 0) is 9.59 Å². The van der Waals surface area contributed by atoms with E-state index in [0.717, 1.165) is 0 Å². The molecule has 0 aliphatic heterocycles. The van der Waals surface area contributed by atoms with Crippen molar-refractivity contribution in [1.82, 2.24) is 20.8 Å². The van der Waals surface area contributed by atoms with Crippen molar-refractivity contribution < 1.29 is 9.59 Å². The Bertz CT molecular complexity index is 668. The summed E-state index contributed by atoms with van der Waals surface area (Å²) in [4.78, 5) is 31.3. The van der Waals surface area contributed by atoms with Crippen molar-refractivity contribution in [2.45, 2.75) is 19.3 Å². The van der Waals surface area contributed by atoms with Crippen LogP contribution in [0, 0.1) is 0 Å². The van der Waals surface area contributed by atoms with Crippen LogP contribution in [0.15, 0.2) is 59.0 Å². The molecule has 2 rings (SSSR count). The zero-order valence-corrected chi connectivity index (χ0v) is 13.5. The van der Waals surface area contributed by atoms with E-state index in [1.54, 1.807) is 36.7 Å². The van der Waals surface area contributed by atoms with Gasteiger partial charge in [0.2, 0.25) is 11.8 Å². The maximum absolute atomic E-state index is 11.6. The molecule has 0 saturated heterocycles. The van der Waals surface area contributed by atoms with E-state index in [1.807, 2.05) is 12.1 Å². The Morgan fingerprint density at radius 2 is 1.32 bits per heavy atom. The number of rotatable bonds is 8. The van der Waals surface area contributed by atoms with Gasteiger partial charge in [0.25, 0.3) is 0 Å². The van der Waals surface area contributed by atoms with E-state index in [0.29, 0.717) is 17.8 Å². The Kier molecular flexibility index (Phi) is 7.44. The van der Waals surface area contributed by atoms with Gasteiger partial charge < -0.3 is 0 Å². The van der Waals surface area contributed by atoms with Gasteiger partial charge in [-0.2, -0.15) is 10.2 Å². The Hall–Kier alpha value is -3.42. The maximum atomic E-state index is 11.6. The third-order valence-corrected chi connectivity index (χ3v) is 2.96. The third kappa shape index (κ3) is 7.60. The Morgan fingerprint density at radius 1 is 0.840 bits per heavy atom. The molecule has 0 atom stereocenters. The van der Waals surface area contributed by atoms with Gasteiger partial charge in [-0.15, -0.1) is 0 Å². The highest BCUT2D eigenvalue weighted by Gasteiger charge is 2.03. The van der Waals surface area contributed by atoms with Crippen LogP contribution in [0.25, 0.3) is 0 Å². The van der Waals surface area contributed by atoms with Crippen molar-refractivity contribution in [3.8, 4) is 0 Å². The number of aromatic nitrogens is 2. The molecule has 0 spiro atoms. The van der Waals surface area contributed by atoms with Crippen LogP contribution in [-0.4, -0.2) is 34.2 Å². The minimum Gasteiger partial charge on any atom is -0.273 e. The smallest absolute Gasteiger partial charge is 0.240 e. The molecule has 0 unspecified atom stereocenters. The molecule has 2 amide bonds. The van der Waals surface area contributed by atoms with Crippen molar-refractivity contribution in [3.63, 3.8) is 0 Å². The molecule has 0 radical (unpaired) electrons. The van der Waals surface area contributed by atoms with Crippen molar-refractivity contribution in [2.75, 3.05) is 0 Å². The molecular weight excluding hydrogens is 320 g/mol. The molecule has 2 aromatic rings. The number of nitrogens with zero attached hydrogens (tertiary/aromatic N) is 4. The Labute approximate surface area is 145 Å². The fourth-order valence-corrected chi connectivity index (χ4v) is 1.77. The molecule has 0 fully saturated rings. The van der Waals surface area contributed by atoms with Gasteiger partial charge in [0.15, 0.2) is 0 Å². The Balaban J connectivity index is 1.59. The maximum Gasteiger partial charge on any atom is 0.240 e. The number of hydrogen-bond acceptors (Lipinski definition) is 6. The van der Waals surface area contributed by atoms with Gasteiger partial charge in [0.05, 0.1) is 23.8 Å². The number of amides is 2. The van der Waals surface area contributed by atoms with Crippen LogP contribution in [0.3, 0.4) is 0 Å². The fourth-order valence-electron chi connectivity index (χ4n) is 1.77. The molecule has 8 nitrogen and oxygen atoms in total. The standard InChI is InChI=1S/C17H18N6O2/c24-16(22-20-12-14-6-1-3-10-18-14)8-5-9-17(25)23-21-13-15-7-2-4-11-19-15/h1-4,6-7,10-13H,5,8-9H2,(H,22,24)(H,23,25)/b20-12+,21-13+. The first kappa shape index (κ1) is 17.9. The molecule has 8 heteroatoms. The predicted octanol–water partition coefficient (Wildman–Crippen LogP) is 1.25. The SMILES string of the molecule is O=C(CCCC(=O)N/N=C/c1ccccn1)N/N=C/c1ccccn1. The first-order chi connectivity index (χ1) is 12.2. The summed E-state index contributed by atoms with van der Waals surface area (Å²) in [6.45, 7) is 0. The topological polar surface area (TPSA) is 109 Å². The molecule has 0 saturated carbocycles. The average molecular weight is 338 g/mol. The van der Waals surface area contributed by atoms with E-state index in [2.05, 4.69) is 31.0 Å². The summed E-state index contributed by atoms with van der Waals surface area (Å²) < 4.78 is 0. The fraction of sp³-hybridized carbons (Fsp3) is 0.176. The summed E-state index contributed by atoms with van der Waals surface area (Å²) in [5.74, 6) is -0.533. The molecule has 2 aromatic heterocycles. The summed E-state index contributed by atoms with van der Waals surface area (Å²) >= 11 is 0. The number of hydrogen-bond donors (Lipinski definition) is 2. The second-order valence-corrected chi connectivity index (χ2v) is 4.95. The summed E-state index contributed by atoms with van der Waals surface area (Å²) in [6.07, 6.45) is 6.97. The number of nitrogens with one attached hydrogen (secondary N) is 2. The van der Waals surface area contributed by atoms with Crippen LogP contribution < -0.4 is 10.9 Å². The quantitative estimate of drug-likeness (QED) is 0.557. The minimum absolute atomic E-state index is 0.191. The first-order valence-electron chi connectivity index (χ1n) is 7.70. The molecular formula is C17H18N6O2.